The van der Waals surface area contributed by atoms with Crippen LogP contribution in [0.3, 0.4) is 0 Å². The normalized spacial score (nSPS) is 19.8. The maximum Gasteiger partial charge on any atom is 0.252 e. The number of hydrogen-bond acceptors (Lipinski definition) is 5. The molecule has 1 amide bonds. The molecule has 0 spiro atoms. The van der Waals surface area contributed by atoms with Gasteiger partial charge in [-0.05, 0) is 69.1 Å². The van der Waals surface area contributed by atoms with Crippen molar-refractivity contribution in [1.29, 1.82) is 0 Å². The van der Waals surface area contributed by atoms with Gasteiger partial charge >= 0.3 is 0 Å². The fourth-order valence-electron chi connectivity index (χ4n) is 3.93. The van der Waals surface area contributed by atoms with Crippen LogP contribution in [0.2, 0.25) is 0 Å². The number of carbonyl (C=O) groups is 1. The van der Waals surface area contributed by atoms with Gasteiger partial charge in [0.05, 0.1) is 12.7 Å². The standard InChI is InChI=1S/C22H30N4O2/c1-4-23-22(27)18-9-12-20(25-15-18)24-14-17-6-5-13-26(2)21(17)16-7-10-19(28-3)11-8-16/h7-12,15,17,21H,4-6,13-14H2,1-3H3,(H,23,27)(H,24,25). The zero-order chi connectivity index (χ0) is 19.9. The number of nitrogens with one attached hydrogen (secondary N) is 2. The molecule has 1 fully saturated rings. The van der Waals surface area contributed by atoms with E-state index in [0.717, 1.165) is 24.7 Å². The summed E-state index contributed by atoms with van der Waals surface area (Å²) in [6.07, 6.45) is 3.99. The van der Waals surface area contributed by atoms with E-state index >= 15 is 0 Å². The number of amides is 1. The smallest absolute Gasteiger partial charge is 0.252 e. The van der Waals surface area contributed by atoms with Crippen LogP contribution in [0, 0.1) is 5.92 Å². The van der Waals surface area contributed by atoms with Crippen LogP contribution in [0.4, 0.5) is 5.82 Å². The molecular weight excluding hydrogens is 352 g/mol. The van der Waals surface area contributed by atoms with Crippen LogP contribution in [-0.4, -0.2) is 49.6 Å². The Hall–Kier alpha value is -2.60. The maximum atomic E-state index is 11.9. The molecule has 1 saturated heterocycles. The van der Waals surface area contributed by atoms with Crippen molar-refractivity contribution in [1.82, 2.24) is 15.2 Å². The van der Waals surface area contributed by atoms with Crippen LogP contribution in [-0.2, 0) is 0 Å². The van der Waals surface area contributed by atoms with Gasteiger partial charge in [0.25, 0.3) is 5.91 Å². The molecule has 2 N–H and O–H groups in total. The second-order valence-electron chi connectivity index (χ2n) is 7.27. The van der Waals surface area contributed by atoms with Crippen LogP contribution >= 0.6 is 0 Å². The minimum Gasteiger partial charge on any atom is -0.497 e. The Morgan fingerprint density at radius 2 is 2.04 bits per heavy atom. The van der Waals surface area contributed by atoms with E-state index in [9.17, 15) is 4.79 Å². The van der Waals surface area contributed by atoms with Crippen molar-refractivity contribution >= 4 is 11.7 Å². The highest BCUT2D eigenvalue weighted by Gasteiger charge is 2.30. The summed E-state index contributed by atoms with van der Waals surface area (Å²) < 4.78 is 5.29. The number of aromatic nitrogens is 1. The number of ether oxygens (including phenoxy) is 1. The van der Waals surface area contributed by atoms with Gasteiger partial charge in [-0.25, -0.2) is 4.98 Å². The molecule has 0 bridgehead atoms. The van der Waals surface area contributed by atoms with Gasteiger partial charge in [0.15, 0.2) is 0 Å². The molecule has 1 aromatic carbocycles. The van der Waals surface area contributed by atoms with Crippen molar-refractivity contribution in [2.24, 2.45) is 5.92 Å². The SMILES string of the molecule is CCNC(=O)c1ccc(NCC2CCCN(C)C2c2ccc(OC)cc2)nc1. The average molecular weight is 383 g/mol. The summed E-state index contributed by atoms with van der Waals surface area (Å²) in [6, 6.07) is 12.4. The van der Waals surface area contributed by atoms with Crippen molar-refractivity contribution in [2.45, 2.75) is 25.8 Å². The maximum absolute atomic E-state index is 11.9. The number of rotatable bonds is 7. The number of anilines is 1. The fourth-order valence-corrected chi connectivity index (χ4v) is 3.93. The first-order chi connectivity index (χ1) is 13.6. The molecule has 0 radical (unpaired) electrons. The van der Waals surface area contributed by atoms with Gasteiger partial charge in [-0.1, -0.05) is 12.1 Å². The molecule has 150 valence electrons. The van der Waals surface area contributed by atoms with Gasteiger partial charge in [-0.2, -0.15) is 0 Å². The Labute approximate surface area is 167 Å². The number of hydrogen-bond donors (Lipinski definition) is 2. The van der Waals surface area contributed by atoms with Gasteiger partial charge in [-0.15, -0.1) is 0 Å². The van der Waals surface area contributed by atoms with E-state index in [1.807, 2.05) is 31.2 Å². The predicted octanol–water partition coefficient (Wildman–Crippen LogP) is 3.33. The van der Waals surface area contributed by atoms with Gasteiger partial charge in [0, 0.05) is 25.3 Å². The molecule has 1 aromatic heterocycles. The quantitative estimate of drug-likeness (QED) is 0.769. The number of piperidine rings is 1. The number of benzene rings is 1. The lowest BCUT2D eigenvalue weighted by molar-refractivity contribution is 0.0955. The minimum atomic E-state index is -0.0879. The molecule has 0 saturated carbocycles. The number of methoxy groups -OCH3 is 1. The first kappa shape index (κ1) is 20.1. The Bertz CT molecular complexity index is 761. The molecular formula is C22H30N4O2. The van der Waals surface area contributed by atoms with Crippen LogP contribution in [0.15, 0.2) is 42.6 Å². The van der Waals surface area contributed by atoms with Crippen LogP contribution < -0.4 is 15.4 Å². The van der Waals surface area contributed by atoms with Crippen LogP contribution in [0.1, 0.15) is 41.7 Å². The second kappa shape index (κ2) is 9.55. The molecule has 6 nitrogen and oxygen atoms in total. The van der Waals surface area contributed by atoms with E-state index in [4.69, 9.17) is 4.74 Å². The second-order valence-corrected chi connectivity index (χ2v) is 7.27. The highest BCUT2D eigenvalue weighted by atomic mass is 16.5. The van der Waals surface area contributed by atoms with Crippen molar-refractivity contribution in [3.63, 3.8) is 0 Å². The summed E-state index contributed by atoms with van der Waals surface area (Å²) in [4.78, 5) is 18.7. The lowest BCUT2D eigenvalue weighted by Gasteiger charge is -2.39. The summed E-state index contributed by atoms with van der Waals surface area (Å²) >= 11 is 0. The van der Waals surface area contributed by atoms with Gasteiger partial charge in [-0.3, -0.25) is 9.69 Å². The van der Waals surface area contributed by atoms with E-state index in [0.29, 0.717) is 24.1 Å². The summed E-state index contributed by atoms with van der Waals surface area (Å²) in [5, 5.41) is 6.25. The lowest BCUT2D eigenvalue weighted by Crippen LogP contribution is -2.39. The topological polar surface area (TPSA) is 66.5 Å². The summed E-state index contributed by atoms with van der Waals surface area (Å²) in [5.74, 6) is 2.08. The Balaban J connectivity index is 1.66. The molecule has 1 aliphatic heterocycles. The van der Waals surface area contributed by atoms with Crippen molar-refractivity contribution in [3.05, 3.63) is 53.7 Å². The Morgan fingerprint density at radius 1 is 1.25 bits per heavy atom. The van der Waals surface area contributed by atoms with E-state index in [1.165, 1.54) is 18.4 Å². The van der Waals surface area contributed by atoms with E-state index in [1.54, 1.807) is 13.3 Å². The summed E-state index contributed by atoms with van der Waals surface area (Å²) in [6.45, 7) is 4.46. The predicted molar refractivity (Wildman–Crippen MR) is 112 cm³/mol. The first-order valence-corrected chi connectivity index (χ1v) is 9.94. The molecule has 0 aliphatic carbocycles. The molecule has 1 aliphatic rings. The highest BCUT2D eigenvalue weighted by Crippen LogP contribution is 2.35. The van der Waals surface area contributed by atoms with Crippen LogP contribution in [0.5, 0.6) is 5.75 Å². The largest absolute Gasteiger partial charge is 0.497 e. The van der Waals surface area contributed by atoms with Crippen LogP contribution in [0.25, 0.3) is 0 Å². The molecule has 2 aromatic rings. The lowest BCUT2D eigenvalue weighted by atomic mass is 9.85. The van der Waals surface area contributed by atoms with Gasteiger partial charge in [0.1, 0.15) is 11.6 Å². The third-order valence-electron chi connectivity index (χ3n) is 5.37. The Kier molecular flexibility index (Phi) is 6.87. The minimum absolute atomic E-state index is 0.0879. The van der Waals surface area contributed by atoms with Crippen molar-refractivity contribution < 1.29 is 9.53 Å². The van der Waals surface area contributed by atoms with Gasteiger partial charge < -0.3 is 15.4 Å². The number of nitrogens with zero attached hydrogens (tertiary/aromatic N) is 2. The summed E-state index contributed by atoms with van der Waals surface area (Å²) in [5.41, 5.74) is 1.90. The van der Waals surface area contributed by atoms with E-state index < -0.39 is 0 Å². The van der Waals surface area contributed by atoms with Crippen molar-refractivity contribution in [3.8, 4) is 5.75 Å². The number of carbonyl (C=O) groups excluding carboxylic acids is 1. The molecule has 28 heavy (non-hydrogen) atoms. The Morgan fingerprint density at radius 3 is 2.68 bits per heavy atom. The molecule has 2 atom stereocenters. The third-order valence-corrected chi connectivity index (χ3v) is 5.37. The third kappa shape index (κ3) is 4.81. The zero-order valence-corrected chi connectivity index (χ0v) is 16.9. The number of likely N-dealkylation sites (tertiary alicyclic amines) is 1. The summed E-state index contributed by atoms with van der Waals surface area (Å²) in [7, 11) is 3.89. The molecule has 6 heteroatoms. The average Bonchev–Trinajstić information content (AvgIpc) is 2.73. The monoisotopic (exact) mass is 382 g/mol. The highest BCUT2D eigenvalue weighted by molar-refractivity contribution is 5.93. The van der Waals surface area contributed by atoms with E-state index in [-0.39, 0.29) is 5.91 Å². The molecule has 2 heterocycles. The fraction of sp³-hybridized carbons (Fsp3) is 0.455. The van der Waals surface area contributed by atoms with Gasteiger partial charge in [0.2, 0.25) is 0 Å². The molecule has 2 unspecified atom stereocenters. The molecule has 3 rings (SSSR count). The number of pyridine rings is 1. The first-order valence-electron chi connectivity index (χ1n) is 9.94. The zero-order valence-electron chi connectivity index (χ0n) is 16.9. The van der Waals surface area contributed by atoms with Crippen molar-refractivity contribution in [2.75, 3.05) is 39.1 Å². The van der Waals surface area contributed by atoms with E-state index in [2.05, 4.69) is 39.7 Å².